The maximum Gasteiger partial charge on any atom is 0.0817 e. The fourth-order valence-electron chi connectivity index (χ4n) is 1.91. The molecular weight excluding hydrogens is 271 g/mol. The van der Waals surface area contributed by atoms with Crippen molar-refractivity contribution < 1.29 is 4.74 Å². The quantitative estimate of drug-likeness (QED) is 0.625. The first-order chi connectivity index (χ1) is 8.48. The molecule has 102 valence electrons. The molecule has 1 aromatic carbocycles. The molecule has 0 aliphatic rings. The molecule has 0 heterocycles. The van der Waals surface area contributed by atoms with Crippen molar-refractivity contribution in [2.75, 3.05) is 7.11 Å². The lowest BCUT2D eigenvalue weighted by Gasteiger charge is -2.35. The second-order valence-corrected chi connectivity index (χ2v) is 5.29. The molecule has 0 radical (unpaired) electrons. The zero-order valence-electron chi connectivity index (χ0n) is 11.0. The summed E-state index contributed by atoms with van der Waals surface area (Å²) in [4.78, 5) is 0. The summed E-state index contributed by atoms with van der Waals surface area (Å²) in [6.07, 6.45) is 1.50. The Kier molecular flexibility index (Phi) is 5.89. The molecule has 0 aliphatic carbocycles. The molecule has 1 rings (SSSR count). The molecule has 0 saturated carbocycles. The number of hydrogen-bond donors (Lipinski definition) is 2. The predicted octanol–water partition coefficient (Wildman–Crippen LogP) is 3.18. The van der Waals surface area contributed by atoms with E-state index in [1.807, 2.05) is 19.1 Å². The van der Waals surface area contributed by atoms with Crippen molar-refractivity contribution >= 4 is 23.2 Å². The third-order valence-corrected chi connectivity index (χ3v) is 4.42. The van der Waals surface area contributed by atoms with E-state index in [2.05, 4.69) is 12.3 Å². The van der Waals surface area contributed by atoms with Gasteiger partial charge in [-0.2, -0.15) is 0 Å². The van der Waals surface area contributed by atoms with Crippen molar-refractivity contribution in [1.29, 1.82) is 0 Å². The van der Waals surface area contributed by atoms with Gasteiger partial charge in [0.1, 0.15) is 0 Å². The highest BCUT2D eigenvalue weighted by atomic mass is 35.5. The highest BCUT2D eigenvalue weighted by Crippen LogP contribution is 2.29. The first kappa shape index (κ1) is 15.7. The second kappa shape index (κ2) is 6.73. The van der Waals surface area contributed by atoms with Crippen molar-refractivity contribution in [3.63, 3.8) is 0 Å². The molecule has 1 aromatic rings. The van der Waals surface area contributed by atoms with Crippen molar-refractivity contribution in [3.05, 3.63) is 33.8 Å². The van der Waals surface area contributed by atoms with Gasteiger partial charge in [0.25, 0.3) is 0 Å². The third-order valence-electron chi connectivity index (χ3n) is 3.56. The minimum atomic E-state index is -0.347. The molecule has 0 saturated heterocycles. The summed E-state index contributed by atoms with van der Waals surface area (Å²) in [6, 6.07) is 5.56. The summed E-state index contributed by atoms with van der Waals surface area (Å²) in [5.74, 6) is 5.64. The Morgan fingerprint density at radius 3 is 2.61 bits per heavy atom. The van der Waals surface area contributed by atoms with Gasteiger partial charge in [0.2, 0.25) is 0 Å². The summed E-state index contributed by atoms with van der Waals surface area (Å²) < 4.78 is 5.56. The minimum absolute atomic E-state index is 0.0385. The van der Waals surface area contributed by atoms with Crippen LogP contribution in [0.5, 0.6) is 0 Å². The highest BCUT2D eigenvalue weighted by Gasteiger charge is 2.32. The number of nitrogens with one attached hydrogen (secondary N) is 1. The Hall–Kier alpha value is -0.320. The van der Waals surface area contributed by atoms with E-state index >= 15 is 0 Å². The van der Waals surface area contributed by atoms with Gasteiger partial charge in [0, 0.05) is 7.11 Å². The highest BCUT2D eigenvalue weighted by molar-refractivity contribution is 6.42. The number of methoxy groups -OCH3 is 1. The van der Waals surface area contributed by atoms with Gasteiger partial charge in [-0.3, -0.25) is 11.3 Å². The molecule has 0 aliphatic heterocycles. The van der Waals surface area contributed by atoms with E-state index in [4.69, 9.17) is 33.8 Å². The number of benzene rings is 1. The van der Waals surface area contributed by atoms with Gasteiger partial charge in [0.05, 0.1) is 21.7 Å². The van der Waals surface area contributed by atoms with E-state index in [1.165, 1.54) is 0 Å². The van der Waals surface area contributed by atoms with Crippen LogP contribution in [0.3, 0.4) is 0 Å². The number of hydrazine groups is 1. The van der Waals surface area contributed by atoms with Crippen molar-refractivity contribution in [2.24, 2.45) is 5.84 Å². The fraction of sp³-hybridized carbons (Fsp3) is 0.538. The Bertz CT molecular complexity index is 395. The topological polar surface area (TPSA) is 47.3 Å². The van der Waals surface area contributed by atoms with E-state index in [1.54, 1.807) is 13.2 Å². The van der Waals surface area contributed by atoms with E-state index in [-0.39, 0.29) is 11.6 Å². The summed E-state index contributed by atoms with van der Waals surface area (Å²) in [5.41, 5.74) is 3.43. The molecule has 3 nitrogen and oxygen atoms in total. The Morgan fingerprint density at radius 2 is 2.11 bits per heavy atom. The van der Waals surface area contributed by atoms with Crippen LogP contribution >= 0.6 is 23.2 Å². The minimum Gasteiger partial charge on any atom is -0.377 e. The van der Waals surface area contributed by atoms with Crippen LogP contribution in [-0.4, -0.2) is 18.8 Å². The average molecular weight is 291 g/mol. The van der Waals surface area contributed by atoms with Gasteiger partial charge >= 0.3 is 0 Å². The van der Waals surface area contributed by atoms with E-state index < -0.39 is 0 Å². The first-order valence-electron chi connectivity index (χ1n) is 5.92. The van der Waals surface area contributed by atoms with Gasteiger partial charge in [-0.15, -0.1) is 0 Å². The number of hydrogen-bond acceptors (Lipinski definition) is 3. The second-order valence-electron chi connectivity index (χ2n) is 4.51. The van der Waals surface area contributed by atoms with Gasteiger partial charge in [-0.05, 0) is 31.4 Å². The van der Waals surface area contributed by atoms with Crippen molar-refractivity contribution in [1.82, 2.24) is 5.43 Å². The van der Waals surface area contributed by atoms with E-state index in [0.717, 1.165) is 12.0 Å². The van der Waals surface area contributed by atoms with Crippen LogP contribution in [0.15, 0.2) is 18.2 Å². The average Bonchev–Trinajstić information content (AvgIpc) is 2.39. The monoisotopic (exact) mass is 290 g/mol. The van der Waals surface area contributed by atoms with Crippen LogP contribution in [0.25, 0.3) is 0 Å². The van der Waals surface area contributed by atoms with Gasteiger partial charge in [-0.25, -0.2) is 0 Å². The third kappa shape index (κ3) is 3.37. The Labute approximate surface area is 119 Å². The maximum absolute atomic E-state index is 6.19. The molecule has 5 heteroatoms. The summed E-state index contributed by atoms with van der Waals surface area (Å²) in [6.45, 7) is 4.09. The molecule has 2 atom stereocenters. The largest absolute Gasteiger partial charge is 0.377 e. The standard InChI is InChI=1S/C13H20Cl2N2O/c1-4-13(2,18-3)11(17-16)8-9-6-5-7-10(14)12(9)15/h5-7,11,17H,4,8,16H2,1-3H3. The summed E-state index contributed by atoms with van der Waals surface area (Å²) in [5, 5.41) is 1.13. The summed E-state index contributed by atoms with van der Waals surface area (Å²) in [7, 11) is 1.69. The Balaban J connectivity index is 2.96. The summed E-state index contributed by atoms with van der Waals surface area (Å²) >= 11 is 12.2. The van der Waals surface area contributed by atoms with Gasteiger partial charge in [0.15, 0.2) is 0 Å². The normalized spacial score (nSPS) is 16.3. The van der Waals surface area contributed by atoms with Crippen LogP contribution in [0, 0.1) is 0 Å². The van der Waals surface area contributed by atoms with Crippen LogP contribution in [-0.2, 0) is 11.2 Å². The number of halogens is 2. The molecule has 3 N–H and O–H groups in total. The lowest BCUT2D eigenvalue weighted by molar-refractivity contribution is -0.0288. The zero-order valence-corrected chi connectivity index (χ0v) is 12.5. The molecule has 0 aromatic heterocycles. The lowest BCUT2D eigenvalue weighted by atomic mass is 9.88. The van der Waals surface area contributed by atoms with Gasteiger partial charge < -0.3 is 4.74 Å². The van der Waals surface area contributed by atoms with Crippen LogP contribution < -0.4 is 11.3 Å². The van der Waals surface area contributed by atoms with E-state index in [9.17, 15) is 0 Å². The first-order valence-corrected chi connectivity index (χ1v) is 6.68. The predicted molar refractivity (Wildman–Crippen MR) is 77.0 cm³/mol. The van der Waals surface area contributed by atoms with Crippen molar-refractivity contribution in [2.45, 2.75) is 38.3 Å². The lowest BCUT2D eigenvalue weighted by Crippen LogP contribution is -2.53. The van der Waals surface area contributed by atoms with E-state index in [0.29, 0.717) is 16.5 Å². The smallest absolute Gasteiger partial charge is 0.0817 e. The molecule has 0 bridgehead atoms. The zero-order chi connectivity index (χ0) is 13.8. The van der Waals surface area contributed by atoms with Crippen LogP contribution in [0.4, 0.5) is 0 Å². The number of ether oxygens (including phenoxy) is 1. The molecule has 0 amide bonds. The van der Waals surface area contributed by atoms with Crippen LogP contribution in [0.1, 0.15) is 25.8 Å². The SMILES string of the molecule is CCC(C)(OC)C(Cc1cccc(Cl)c1Cl)NN. The number of nitrogens with two attached hydrogens (primary N) is 1. The van der Waals surface area contributed by atoms with Crippen LogP contribution in [0.2, 0.25) is 10.0 Å². The van der Waals surface area contributed by atoms with Crippen molar-refractivity contribution in [3.8, 4) is 0 Å². The molecular formula is C13H20Cl2N2O. The Morgan fingerprint density at radius 1 is 1.44 bits per heavy atom. The maximum atomic E-state index is 6.19. The molecule has 0 spiro atoms. The van der Waals surface area contributed by atoms with Gasteiger partial charge in [-0.1, -0.05) is 42.3 Å². The molecule has 2 unspecified atom stereocenters. The number of rotatable bonds is 6. The molecule has 18 heavy (non-hydrogen) atoms. The fourth-order valence-corrected chi connectivity index (χ4v) is 2.31. The molecule has 0 fully saturated rings.